The van der Waals surface area contributed by atoms with E-state index < -0.39 is 0 Å². The lowest BCUT2D eigenvalue weighted by Gasteiger charge is -2.32. The summed E-state index contributed by atoms with van der Waals surface area (Å²) in [6, 6.07) is 8.97. The highest BCUT2D eigenvalue weighted by Gasteiger charge is 2.16. The lowest BCUT2D eigenvalue weighted by atomic mass is 10.0. The second-order valence-corrected chi connectivity index (χ2v) is 5.67. The number of ether oxygens (including phenoxy) is 1. The van der Waals surface area contributed by atoms with Crippen molar-refractivity contribution in [1.29, 1.82) is 0 Å². The first kappa shape index (κ1) is 14.4. The molecule has 0 radical (unpaired) electrons. The van der Waals surface area contributed by atoms with Gasteiger partial charge < -0.3 is 10.1 Å². The standard InChI is InChI=1S/C16H26N2O/c1-13(2)15-4-6-16(7-5-15)19-12-14(3)18-10-8-17-9-11-18/h4-7,13-14,17H,8-12H2,1-3H3. The highest BCUT2D eigenvalue weighted by Crippen LogP contribution is 2.19. The molecule has 0 amide bonds. The van der Waals surface area contributed by atoms with E-state index in [-0.39, 0.29) is 0 Å². The normalized spacial score (nSPS) is 18.5. The quantitative estimate of drug-likeness (QED) is 0.882. The molecule has 1 fully saturated rings. The van der Waals surface area contributed by atoms with E-state index in [1.807, 2.05) is 0 Å². The first-order chi connectivity index (χ1) is 9.16. The second kappa shape index (κ2) is 6.92. The van der Waals surface area contributed by atoms with Crippen molar-refractivity contribution in [3.63, 3.8) is 0 Å². The van der Waals surface area contributed by atoms with Crippen LogP contribution in [0.15, 0.2) is 24.3 Å². The van der Waals surface area contributed by atoms with Crippen LogP contribution in [-0.4, -0.2) is 43.7 Å². The minimum absolute atomic E-state index is 0.479. The predicted octanol–water partition coefficient (Wildman–Crippen LogP) is 2.48. The molecule has 0 aliphatic carbocycles. The number of nitrogens with zero attached hydrogens (tertiary/aromatic N) is 1. The van der Waals surface area contributed by atoms with Crippen LogP contribution < -0.4 is 10.1 Å². The molecule has 1 aliphatic rings. The molecule has 19 heavy (non-hydrogen) atoms. The number of hydrogen-bond acceptors (Lipinski definition) is 3. The van der Waals surface area contributed by atoms with Gasteiger partial charge in [0.1, 0.15) is 12.4 Å². The van der Waals surface area contributed by atoms with Gasteiger partial charge in [0, 0.05) is 32.2 Å². The zero-order valence-corrected chi connectivity index (χ0v) is 12.4. The topological polar surface area (TPSA) is 24.5 Å². The van der Waals surface area contributed by atoms with Gasteiger partial charge in [0.25, 0.3) is 0 Å². The molecule has 0 spiro atoms. The molecule has 1 unspecified atom stereocenters. The van der Waals surface area contributed by atoms with Gasteiger partial charge in [-0.1, -0.05) is 26.0 Å². The monoisotopic (exact) mass is 262 g/mol. The van der Waals surface area contributed by atoms with Crippen LogP contribution in [0.25, 0.3) is 0 Å². The van der Waals surface area contributed by atoms with Gasteiger partial charge in [0.05, 0.1) is 0 Å². The Balaban J connectivity index is 1.80. The van der Waals surface area contributed by atoms with Crippen LogP contribution in [0, 0.1) is 0 Å². The van der Waals surface area contributed by atoms with Crippen molar-refractivity contribution in [3.8, 4) is 5.75 Å². The third-order valence-electron chi connectivity index (χ3n) is 3.81. The summed E-state index contributed by atoms with van der Waals surface area (Å²) >= 11 is 0. The third-order valence-corrected chi connectivity index (χ3v) is 3.81. The van der Waals surface area contributed by atoms with Crippen LogP contribution in [0.5, 0.6) is 5.75 Å². The van der Waals surface area contributed by atoms with Crippen molar-refractivity contribution < 1.29 is 4.74 Å². The predicted molar refractivity (Wildman–Crippen MR) is 79.9 cm³/mol. The van der Waals surface area contributed by atoms with Crippen molar-refractivity contribution in [2.45, 2.75) is 32.7 Å². The summed E-state index contributed by atoms with van der Waals surface area (Å²) in [5.41, 5.74) is 1.36. The first-order valence-electron chi connectivity index (χ1n) is 7.34. The number of piperazine rings is 1. The van der Waals surface area contributed by atoms with Gasteiger partial charge in [-0.05, 0) is 30.5 Å². The van der Waals surface area contributed by atoms with Crippen LogP contribution in [0.4, 0.5) is 0 Å². The largest absolute Gasteiger partial charge is 0.492 e. The Morgan fingerprint density at radius 1 is 1.11 bits per heavy atom. The van der Waals surface area contributed by atoms with Crippen molar-refractivity contribution in [2.75, 3.05) is 32.8 Å². The first-order valence-corrected chi connectivity index (χ1v) is 7.34. The molecule has 1 aliphatic heterocycles. The summed E-state index contributed by atoms with van der Waals surface area (Å²) in [6.07, 6.45) is 0. The van der Waals surface area contributed by atoms with Crippen LogP contribution in [0.3, 0.4) is 0 Å². The molecule has 3 nitrogen and oxygen atoms in total. The lowest BCUT2D eigenvalue weighted by molar-refractivity contribution is 0.132. The number of benzene rings is 1. The van der Waals surface area contributed by atoms with E-state index in [0.29, 0.717) is 12.0 Å². The maximum absolute atomic E-state index is 5.89. The molecule has 0 bridgehead atoms. The molecule has 106 valence electrons. The maximum atomic E-state index is 5.89. The van der Waals surface area contributed by atoms with Crippen LogP contribution in [0.1, 0.15) is 32.3 Å². The summed E-state index contributed by atoms with van der Waals surface area (Å²) in [5.74, 6) is 1.56. The summed E-state index contributed by atoms with van der Waals surface area (Å²) in [5, 5.41) is 3.38. The van der Waals surface area contributed by atoms with Gasteiger partial charge in [0.15, 0.2) is 0 Å². The average molecular weight is 262 g/mol. The van der Waals surface area contributed by atoms with Gasteiger partial charge in [0.2, 0.25) is 0 Å². The SMILES string of the molecule is CC(C)c1ccc(OCC(C)N2CCNCC2)cc1. The zero-order chi connectivity index (χ0) is 13.7. The molecule has 3 heteroatoms. The summed E-state index contributed by atoms with van der Waals surface area (Å²) in [6.45, 7) is 11.9. The van der Waals surface area contributed by atoms with E-state index >= 15 is 0 Å². The number of rotatable bonds is 5. The number of hydrogen-bond donors (Lipinski definition) is 1. The highest BCUT2D eigenvalue weighted by atomic mass is 16.5. The van der Waals surface area contributed by atoms with Crippen molar-refractivity contribution in [1.82, 2.24) is 10.2 Å². The van der Waals surface area contributed by atoms with Crippen LogP contribution >= 0.6 is 0 Å². The molecule has 1 atom stereocenters. The Kier molecular flexibility index (Phi) is 5.23. The minimum atomic E-state index is 0.479. The van der Waals surface area contributed by atoms with Crippen molar-refractivity contribution in [2.24, 2.45) is 0 Å². The van der Waals surface area contributed by atoms with E-state index in [4.69, 9.17) is 4.74 Å². The van der Waals surface area contributed by atoms with Crippen molar-refractivity contribution >= 4 is 0 Å². The fourth-order valence-corrected chi connectivity index (χ4v) is 2.39. The Hall–Kier alpha value is -1.06. The third kappa shape index (κ3) is 4.22. The molecule has 0 aromatic heterocycles. The Bertz CT molecular complexity index is 369. The molecule has 0 saturated carbocycles. The molecular formula is C16H26N2O. The molecule has 1 saturated heterocycles. The Morgan fingerprint density at radius 2 is 1.74 bits per heavy atom. The van der Waals surface area contributed by atoms with E-state index in [2.05, 4.69) is 55.3 Å². The summed E-state index contributed by atoms with van der Waals surface area (Å²) in [4.78, 5) is 2.49. The van der Waals surface area contributed by atoms with Crippen molar-refractivity contribution in [3.05, 3.63) is 29.8 Å². The smallest absolute Gasteiger partial charge is 0.119 e. The van der Waals surface area contributed by atoms with Gasteiger partial charge in [-0.15, -0.1) is 0 Å². The Morgan fingerprint density at radius 3 is 2.32 bits per heavy atom. The maximum Gasteiger partial charge on any atom is 0.119 e. The molecule has 1 aromatic carbocycles. The fraction of sp³-hybridized carbons (Fsp3) is 0.625. The molecule has 1 heterocycles. The Labute approximate surface area is 116 Å². The average Bonchev–Trinajstić information content (AvgIpc) is 2.46. The van der Waals surface area contributed by atoms with Gasteiger partial charge in [-0.3, -0.25) is 4.90 Å². The van der Waals surface area contributed by atoms with Crippen LogP contribution in [-0.2, 0) is 0 Å². The summed E-state index contributed by atoms with van der Waals surface area (Å²) in [7, 11) is 0. The highest BCUT2D eigenvalue weighted by molar-refractivity contribution is 5.28. The zero-order valence-electron chi connectivity index (χ0n) is 12.4. The molecule has 1 N–H and O–H groups in total. The lowest BCUT2D eigenvalue weighted by Crippen LogP contribution is -2.49. The molecular weight excluding hydrogens is 236 g/mol. The van der Waals surface area contributed by atoms with E-state index in [0.717, 1.165) is 38.5 Å². The van der Waals surface area contributed by atoms with E-state index in [9.17, 15) is 0 Å². The van der Waals surface area contributed by atoms with Gasteiger partial charge >= 0.3 is 0 Å². The van der Waals surface area contributed by atoms with E-state index in [1.165, 1.54) is 5.56 Å². The number of nitrogens with one attached hydrogen (secondary N) is 1. The fourth-order valence-electron chi connectivity index (χ4n) is 2.39. The van der Waals surface area contributed by atoms with Gasteiger partial charge in [-0.25, -0.2) is 0 Å². The second-order valence-electron chi connectivity index (χ2n) is 5.67. The van der Waals surface area contributed by atoms with E-state index in [1.54, 1.807) is 0 Å². The molecule has 2 rings (SSSR count). The molecule has 1 aromatic rings. The minimum Gasteiger partial charge on any atom is -0.492 e. The van der Waals surface area contributed by atoms with Crippen LogP contribution in [0.2, 0.25) is 0 Å². The summed E-state index contributed by atoms with van der Waals surface area (Å²) < 4.78 is 5.89. The van der Waals surface area contributed by atoms with Gasteiger partial charge in [-0.2, -0.15) is 0 Å².